The largest absolute Gasteiger partial charge is 0.480 e. The van der Waals surface area contributed by atoms with Gasteiger partial charge in [-0.2, -0.15) is 17.6 Å². The van der Waals surface area contributed by atoms with Crippen LogP contribution < -0.4 is 11.5 Å². The van der Waals surface area contributed by atoms with Gasteiger partial charge in [0.25, 0.3) is 11.9 Å². The summed E-state index contributed by atoms with van der Waals surface area (Å²) in [5.41, 5.74) is 11.3. The molecule has 7 nitrogen and oxygen atoms in total. The van der Waals surface area contributed by atoms with Crippen molar-refractivity contribution in [2.24, 2.45) is 16.5 Å². The summed E-state index contributed by atoms with van der Waals surface area (Å²) >= 11 is 3.98. The molecule has 1 aliphatic rings. The van der Waals surface area contributed by atoms with Gasteiger partial charge in [-0.15, -0.1) is 0 Å². The molecule has 2 rings (SSSR count). The van der Waals surface area contributed by atoms with E-state index in [1.165, 1.54) is 0 Å². The quantitative estimate of drug-likeness (QED) is 0.606. The van der Waals surface area contributed by atoms with Gasteiger partial charge >= 0.3 is 5.97 Å². The van der Waals surface area contributed by atoms with Crippen LogP contribution in [0.1, 0.15) is 25.5 Å². The van der Waals surface area contributed by atoms with Crippen molar-refractivity contribution in [1.29, 1.82) is 0 Å². The molecule has 2 atom stereocenters. The minimum atomic E-state index is -1.02. The first-order valence-corrected chi connectivity index (χ1v) is 6.88. The summed E-state index contributed by atoms with van der Waals surface area (Å²) in [5, 5.41) is 8.34. The van der Waals surface area contributed by atoms with E-state index in [-0.39, 0.29) is 11.9 Å². The lowest BCUT2D eigenvalue weighted by molar-refractivity contribution is -0.139. The number of aliphatic carboxylic acids is 1. The third kappa shape index (κ3) is 5.05. The lowest BCUT2D eigenvalue weighted by Gasteiger charge is -2.21. The van der Waals surface area contributed by atoms with Crippen LogP contribution in [0, 0.1) is 0 Å². The second-order valence-electron chi connectivity index (χ2n) is 5.17. The second-order valence-corrected chi connectivity index (χ2v) is 6.32. The summed E-state index contributed by atoms with van der Waals surface area (Å²) in [7, 11) is 0. The van der Waals surface area contributed by atoms with E-state index in [2.05, 4.69) is 17.6 Å². The zero-order valence-corrected chi connectivity index (χ0v) is 13.2. The first kappa shape index (κ1) is 18.0. The van der Waals surface area contributed by atoms with Gasteiger partial charge in [0, 0.05) is 10.3 Å². The fourth-order valence-corrected chi connectivity index (χ4v) is 1.62. The molecule has 8 heteroatoms. The topological polar surface area (TPSA) is 128 Å². The molecule has 0 bridgehead atoms. The zero-order valence-electron chi connectivity index (χ0n) is 12.3. The highest BCUT2D eigenvalue weighted by Crippen LogP contribution is 2.22. The zero-order chi connectivity index (χ0) is 16.9. The van der Waals surface area contributed by atoms with Crippen molar-refractivity contribution >= 4 is 30.5 Å². The molecule has 1 unspecified atom stereocenters. The second kappa shape index (κ2) is 7.28. The van der Waals surface area contributed by atoms with Crippen LogP contribution in [-0.4, -0.2) is 33.8 Å². The van der Waals surface area contributed by atoms with E-state index in [9.17, 15) is 9.59 Å². The number of hydrogen-bond donors (Lipinski definition) is 4. The number of ether oxygens (including phenoxy) is 1. The molecule has 120 valence electrons. The third-order valence-electron chi connectivity index (χ3n) is 2.81. The number of rotatable bonds is 3. The maximum absolute atomic E-state index is 11.2. The number of amides is 1. The molecule has 1 aliphatic heterocycles. The molecule has 0 radical (unpaired) electrons. The first-order valence-electron chi connectivity index (χ1n) is 6.43. The van der Waals surface area contributed by atoms with Crippen molar-refractivity contribution < 1.29 is 19.4 Å². The first-order chi connectivity index (χ1) is 10.1. The number of aliphatic imine (C=N–C) groups is 1. The third-order valence-corrected chi connectivity index (χ3v) is 3.09. The molecule has 0 saturated carbocycles. The highest BCUT2D eigenvalue weighted by Gasteiger charge is 2.29. The van der Waals surface area contributed by atoms with Crippen LogP contribution >= 0.6 is 12.6 Å². The van der Waals surface area contributed by atoms with Gasteiger partial charge in [0.05, 0.1) is 0 Å². The summed E-state index contributed by atoms with van der Waals surface area (Å²) in [6, 6.07) is 8.18. The van der Waals surface area contributed by atoms with Crippen molar-refractivity contribution in [3.63, 3.8) is 0 Å². The number of carbonyl (C=O) groups excluding carboxylic acids is 1. The molecule has 1 aromatic carbocycles. The molecule has 0 spiro atoms. The van der Waals surface area contributed by atoms with Crippen LogP contribution in [0.15, 0.2) is 35.3 Å². The van der Waals surface area contributed by atoms with Gasteiger partial charge in [-0.25, -0.2) is 0 Å². The molecular formula is C14H19N3O4S. The van der Waals surface area contributed by atoms with E-state index in [4.69, 9.17) is 21.3 Å². The van der Waals surface area contributed by atoms with Crippen LogP contribution in [0.4, 0.5) is 0 Å². The molecule has 22 heavy (non-hydrogen) atoms. The van der Waals surface area contributed by atoms with E-state index >= 15 is 0 Å². The van der Waals surface area contributed by atoms with Gasteiger partial charge in [-0.3, -0.25) is 9.59 Å². The maximum atomic E-state index is 11.2. The van der Waals surface area contributed by atoms with Gasteiger partial charge in [-0.05, 0) is 13.8 Å². The highest BCUT2D eigenvalue weighted by atomic mass is 32.1. The summed E-state index contributed by atoms with van der Waals surface area (Å²) in [5.74, 6) is -1.36. The van der Waals surface area contributed by atoms with Gasteiger partial charge in [-0.1, -0.05) is 30.3 Å². The molecular weight excluding hydrogens is 306 g/mol. The molecule has 0 aliphatic carbocycles. The summed E-state index contributed by atoms with van der Waals surface area (Å²) < 4.78 is 4.39. The average molecular weight is 325 g/mol. The standard InChI is InChI=1S/C9H8N2O2.C5H11NO2S/c10-9-11-8(12)7(13-9)6-4-2-1-3-5-6;1-5(2,9)3(6)4(7)8/h1-5,7H,(H2,10,11,12);3,9H,6H2,1-2H3,(H,7,8)/t;3-/m.0/s1. The Balaban J connectivity index is 0.000000239. The van der Waals surface area contributed by atoms with E-state index in [0.29, 0.717) is 0 Å². The van der Waals surface area contributed by atoms with Crippen LogP contribution in [0.5, 0.6) is 0 Å². The maximum Gasteiger partial charge on any atom is 0.321 e. The van der Waals surface area contributed by atoms with Crippen molar-refractivity contribution in [2.45, 2.75) is 30.7 Å². The Kier molecular flexibility index (Phi) is 5.95. The number of carbonyl (C=O) groups is 2. The van der Waals surface area contributed by atoms with E-state index in [1.807, 2.05) is 18.2 Å². The number of carboxylic acids is 1. The number of hydrogen-bond acceptors (Lipinski definition) is 6. The Morgan fingerprint density at radius 2 is 1.95 bits per heavy atom. The number of nitrogens with zero attached hydrogens (tertiary/aromatic N) is 1. The van der Waals surface area contributed by atoms with Gasteiger partial charge in [0.2, 0.25) is 6.10 Å². The van der Waals surface area contributed by atoms with Gasteiger partial charge in [0.1, 0.15) is 6.04 Å². The fraction of sp³-hybridized carbons (Fsp3) is 0.357. The summed E-state index contributed by atoms with van der Waals surface area (Å²) in [6.07, 6.45) is -0.652. The highest BCUT2D eigenvalue weighted by molar-refractivity contribution is 7.81. The number of amidine groups is 1. The Bertz CT molecular complexity index is 569. The Morgan fingerprint density at radius 1 is 1.41 bits per heavy atom. The van der Waals surface area contributed by atoms with Crippen molar-refractivity contribution in [3.05, 3.63) is 35.9 Å². The lowest BCUT2D eigenvalue weighted by Crippen LogP contribution is -2.45. The number of thiol groups is 1. The molecule has 1 heterocycles. The summed E-state index contributed by atoms with van der Waals surface area (Å²) in [4.78, 5) is 24.8. The predicted octanol–water partition coefficient (Wildman–Crippen LogP) is 0.706. The molecule has 0 aromatic heterocycles. The molecule has 5 N–H and O–H groups in total. The Morgan fingerprint density at radius 3 is 2.27 bits per heavy atom. The minimum Gasteiger partial charge on any atom is -0.480 e. The molecule has 0 fully saturated rings. The van der Waals surface area contributed by atoms with Crippen LogP contribution in [0.3, 0.4) is 0 Å². The SMILES string of the molecule is CC(C)(S)[C@@H](N)C(=O)O.NC1=NC(=O)C(c2ccccc2)O1. The average Bonchev–Trinajstić information content (AvgIpc) is 2.77. The van der Waals surface area contributed by atoms with Gasteiger partial charge in [0.15, 0.2) is 0 Å². The minimum absolute atomic E-state index is 0.0566. The number of nitrogens with two attached hydrogens (primary N) is 2. The predicted molar refractivity (Wildman–Crippen MR) is 85.6 cm³/mol. The lowest BCUT2D eigenvalue weighted by atomic mass is 10.1. The fourth-order valence-electron chi connectivity index (χ4n) is 1.51. The van der Waals surface area contributed by atoms with Crippen molar-refractivity contribution in [3.8, 4) is 0 Å². The number of carboxylic acid groups (broad SMARTS) is 1. The Hall–Kier alpha value is -2.06. The van der Waals surface area contributed by atoms with Gasteiger partial charge < -0.3 is 21.3 Å². The molecule has 0 saturated heterocycles. The molecule has 1 aromatic rings. The smallest absolute Gasteiger partial charge is 0.321 e. The number of benzene rings is 1. The van der Waals surface area contributed by atoms with Crippen LogP contribution in [-0.2, 0) is 14.3 Å². The normalized spacial score (nSPS) is 18.6. The Labute approximate surface area is 133 Å². The van der Waals surface area contributed by atoms with Crippen molar-refractivity contribution in [2.75, 3.05) is 0 Å². The summed E-state index contributed by atoms with van der Waals surface area (Å²) in [6.45, 7) is 3.32. The van der Waals surface area contributed by atoms with Crippen LogP contribution in [0.25, 0.3) is 0 Å². The van der Waals surface area contributed by atoms with Crippen LogP contribution in [0.2, 0.25) is 0 Å². The van der Waals surface area contributed by atoms with E-state index in [0.717, 1.165) is 5.56 Å². The van der Waals surface area contributed by atoms with E-state index in [1.54, 1.807) is 26.0 Å². The van der Waals surface area contributed by atoms with Crippen molar-refractivity contribution in [1.82, 2.24) is 0 Å². The van der Waals surface area contributed by atoms with E-state index < -0.39 is 22.9 Å². The molecule has 1 amide bonds. The monoisotopic (exact) mass is 325 g/mol.